The van der Waals surface area contributed by atoms with Crippen LogP contribution in [0.5, 0.6) is 0 Å². The molecule has 4 heteroatoms. The fraction of sp³-hybridized carbons (Fsp3) is 0.333. The molecule has 0 amide bonds. The van der Waals surface area contributed by atoms with Crippen LogP contribution in [-0.2, 0) is 58.6 Å². The van der Waals surface area contributed by atoms with Crippen molar-refractivity contribution in [1.82, 2.24) is 0 Å². The zero-order valence-corrected chi connectivity index (χ0v) is 14.3. The first kappa shape index (κ1) is 33.8. The molecule has 0 aromatic heterocycles. The number of carbonyl (C=O) groups excluding carboxylic acids is 1. The first-order chi connectivity index (χ1) is 1.41. The van der Waals surface area contributed by atoms with Crippen LogP contribution in [0.15, 0.2) is 0 Å². The average Bonchev–Trinajstić information content (AvgIpc) is 0.918. The summed E-state index contributed by atoms with van der Waals surface area (Å²) in [5.41, 5.74) is 0. The van der Waals surface area contributed by atoms with Gasteiger partial charge in [0.1, 0.15) is 0 Å². The van der Waals surface area contributed by atoms with Crippen LogP contribution in [-0.4, -0.2) is 6.29 Å². The van der Waals surface area contributed by atoms with Gasteiger partial charge in [-0.2, -0.15) is 6.92 Å². The molecule has 0 saturated carbocycles. The van der Waals surface area contributed by atoms with Gasteiger partial charge in [-0.1, -0.05) is 0 Å². The quantitative estimate of drug-likeness (QED) is 0.391. The van der Waals surface area contributed by atoms with E-state index >= 15 is 0 Å². The van der Waals surface area contributed by atoms with Crippen LogP contribution in [0.25, 0.3) is 0 Å². The predicted molar refractivity (Wildman–Crippen MR) is 17.8 cm³/mol. The predicted octanol–water partition coefficient (Wildman–Crippen LogP) is 0.561. The second-order valence-electron chi connectivity index (χ2n) is 0.204. The fourth-order valence-electron chi connectivity index (χ4n) is 0. The summed E-state index contributed by atoms with van der Waals surface area (Å²) in [6.07, 6.45) is 1.50. The van der Waals surface area contributed by atoms with Gasteiger partial charge in [0.2, 0.25) is 0 Å². The summed E-state index contributed by atoms with van der Waals surface area (Å²) in [4.78, 5) is 8.68. The maximum Gasteiger partial charge on any atom is 0 e. The largest absolute Gasteiger partial charge is 0.542 e. The van der Waals surface area contributed by atoms with Gasteiger partial charge in [-0.25, -0.2) is 0 Å². The minimum atomic E-state index is 0. The molecule has 0 aromatic carbocycles. The molecule has 0 saturated heterocycles. The van der Waals surface area contributed by atoms with Gasteiger partial charge in [0.05, 0.1) is 0 Å². The fourth-order valence-corrected chi connectivity index (χ4v) is 0. The Hall–Kier alpha value is 2.51. The molecule has 7 heavy (non-hydrogen) atoms. The summed E-state index contributed by atoms with van der Waals surface area (Å²) in [6.45, 7) is 1.32. The second-order valence-corrected chi connectivity index (χ2v) is 0.204. The van der Waals surface area contributed by atoms with Crippen molar-refractivity contribution in [3.8, 4) is 0 Å². The van der Waals surface area contributed by atoms with Crippen LogP contribution in [0.1, 0.15) is 6.92 Å². The summed E-state index contributed by atoms with van der Waals surface area (Å²) in [7, 11) is 0. The van der Waals surface area contributed by atoms with Gasteiger partial charge in [-0.3, -0.25) is 6.29 Å². The monoisotopic (exact) mass is 569 g/mol. The van der Waals surface area contributed by atoms with Crippen molar-refractivity contribution in [2.45, 2.75) is 6.92 Å². The van der Waals surface area contributed by atoms with Crippen LogP contribution >= 0.6 is 0 Å². The second kappa shape index (κ2) is 38.9. The molecule has 0 N–H and O–H groups in total. The Bertz CT molecular complexity index is 22.4. The molecule has 0 aliphatic rings. The van der Waals surface area contributed by atoms with Crippen molar-refractivity contribution in [2.24, 2.45) is 0 Å². The first-order valence-electron chi connectivity index (χ1n) is 0.704. The molecule has 39 valence electrons. The maximum atomic E-state index is 8.68. The molecule has 0 aliphatic heterocycles. The summed E-state index contributed by atoms with van der Waals surface area (Å²) in [6, 6.07) is 0. The smallest absolute Gasteiger partial charge is 0 e. The van der Waals surface area contributed by atoms with Crippen molar-refractivity contribution in [2.75, 3.05) is 0 Å². The van der Waals surface area contributed by atoms with Crippen LogP contribution in [0.2, 0.25) is 0 Å². The molecule has 0 spiro atoms. The van der Waals surface area contributed by atoms with Gasteiger partial charge in [0.25, 0.3) is 0 Å². The molecule has 1 radical (unpaired) electrons. The van der Waals surface area contributed by atoms with E-state index in [1.165, 1.54) is 13.2 Å². The molecule has 0 aromatic rings. The third kappa shape index (κ3) is 57.2. The minimum absolute atomic E-state index is 0. The first-order valence-corrected chi connectivity index (χ1v) is 0.704. The standard InChI is InChI=1S/C2H3O.CH3.U.W.Y/c1-2-3;;;;/h1H3;1H3;;;/q2*-1;;;. The average molecular weight is 569 g/mol. The zero-order chi connectivity index (χ0) is 2.71. The molecule has 0 aliphatic carbocycles. The third-order valence-corrected chi connectivity index (χ3v) is 0. The van der Waals surface area contributed by atoms with E-state index in [4.69, 9.17) is 4.79 Å². The van der Waals surface area contributed by atoms with E-state index in [-0.39, 0.29) is 92.3 Å². The van der Waals surface area contributed by atoms with E-state index in [9.17, 15) is 0 Å². The van der Waals surface area contributed by atoms with Gasteiger partial charge in [-0.15, -0.1) is 0 Å². The van der Waals surface area contributed by atoms with Crippen molar-refractivity contribution in [3.05, 3.63) is 7.43 Å². The molecule has 1 nitrogen and oxygen atoms in total. The van der Waals surface area contributed by atoms with E-state index < -0.39 is 0 Å². The van der Waals surface area contributed by atoms with Gasteiger partial charge in [-0.05, 0) is 0 Å². The van der Waals surface area contributed by atoms with E-state index in [0.29, 0.717) is 0 Å². The van der Waals surface area contributed by atoms with Gasteiger partial charge >= 0.3 is 0 Å². The molecule has 0 rings (SSSR count). The van der Waals surface area contributed by atoms with Crippen LogP contribution in [0.4, 0.5) is 0 Å². The molecule has 0 bridgehead atoms. The molecule has 0 atom stereocenters. The Morgan fingerprint density at radius 1 is 1.43 bits per heavy atom. The van der Waals surface area contributed by atoms with Crippen molar-refractivity contribution in [1.29, 1.82) is 0 Å². The van der Waals surface area contributed by atoms with Crippen LogP contribution in [0.3, 0.4) is 0 Å². The summed E-state index contributed by atoms with van der Waals surface area (Å²) in [5, 5.41) is 0. The Kier molecular flexibility index (Phi) is 188. The summed E-state index contributed by atoms with van der Waals surface area (Å²) in [5.74, 6) is 0. The van der Waals surface area contributed by atoms with E-state index in [1.807, 2.05) is 0 Å². The number of hydrogen-bond acceptors (Lipinski definition) is 1. The number of rotatable bonds is 0. The van der Waals surface area contributed by atoms with Gasteiger partial charge < -0.3 is 12.2 Å². The van der Waals surface area contributed by atoms with E-state index in [2.05, 4.69) is 0 Å². The Balaban J connectivity index is -0.00000000333. The van der Waals surface area contributed by atoms with Gasteiger partial charge in [0, 0.05) is 84.9 Å². The molecular weight excluding hydrogens is 563 g/mol. The van der Waals surface area contributed by atoms with Gasteiger partial charge in [0.15, 0.2) is 0 Å². The van der Waals surface area contributed by atoms with Crippen LogP contribution in [0, 0.1) is 38.5 Å². The van der Waals surface area contributed by atoms with Crippen molar-refractivity contribution >= 4 is 6.29 Å². The topological polar surface area (TPSA) is 17.1 Å². The third-order valence-electron chi connectivity index (χ3n) is 0. The van der Waals surface area contributed by atoms with Crippen molar-refractivity contribution < 1.29 is 89.7 Å². The molecule has 0 fully saturated rings. The normalized spacial score (nSPS) is 1.86. The number of hydrogen-bond donors (Lipinski definition) is 0. The zero-order valence-electron chi connectivity index (χ0n) is 4.39. The maximum absolute atomic E-state index is 8.68. The summed E-state index contributed by atoms with van der Waals surface area (Å²) >= 11 is 0. The SMILES string of the molecule is C[C-]=O.[CH3-].[U].[W].[Y]. The van der Waals surface area contributed by atoms with Crippen LogP contribution < -0.4 is 0 Å². The Morgan fingerprint density at radius 3 is 1.43 bits per heavy atom. The Morgan fingerprint density at radius 2 is 1.43 bits per heavy atom. The molecule has 0 unspecified atom stereocenters. The van der Waals surface area contributed by atoms with E-state index in [0.717, 1.165) is 0 Å². The molecule has 0 heterocycles. The summed E-state index contributed by atoms with van der Waals surface area (Å²) < 4.78 is 0. The Labute approximate surface area is 108 Å². The van der Waals surface area contributed by atoms with Crippen molar-refractivity contribution in [3.63, 3.8) is 0 Å². The molecular formula is C3H6OUWY-2. The van der Waals surface area contributed by atoms with E-state index in [1.54, 1.807) is 0 Å². The minimum Gasteiger partial charge on any atom is -0.542 e.